The topological polar surface area (TPSA) is 135 Å². The van der Waals surface area contributed by atoms with Crippen molar-refractivity contribution in [2.75, 3.05) is 11.1 Å². The molecule has 330 valence electrons. The number of carbonyl (C=O) groups is 2. The summed E-state index contributed by atoms with van der Waals surface area (Å²) < 4.78 is 48.0. The zero-order valence-electron chi connectivity index (χ0n) is 36.6. The molecule has 2 aromatic heterocycles. The van der Waals surface area contributed by atoms with Crippen molar-refractivity contribution in [1.82, 2.24) is 9.13 Å². The molecule has 0 aliphatic carbocycles. The molecule has 0 aliphatic heterocycles. The second-order valence-electron chi connectivity index (χ2n) is 13.7. The van der Waals surface area contributed by atoms with Crippen molar-refractivity contribution in [3.8, 4) is 56.6 Å². The molecule has 0 unspecified atom stereocenters. The van der Waals surface area contributed by atoms with Crippen LogP contribution in [0, 0.1) is 11.6 Å². The zero-order valence-corrected chi connectivity index (χ0v) is 36.3. The number of nitrogens with zero attached hydrogens (tertiary/aromatic N) is 2. The van der Waals surface area contributed by atoms with Gasteiger partial charge in [-0.3, -0.25) is 28.3 Å². The Kier molecular flexibility index (Phi) is 16.7. The number of nitrogens with two attached hydrogens (primary N) is 1. The van der Waals surface area contributed by atoms with E-state index in [0.29, 0.717) is 69.3 Å². The SMILES string of the molecule is CC(=O)Cl.CC(=O)Nc1cccc(-n2cc(-c3ccc(F)cc3)c(Oc3ccccc3)cc2=O)c1.Nc1cccc(-n2cc(-c3ccc(F)cc3)c(Oc3ccccc3)cc2=O)c1.[2H]CC. The van der Waals surface area contributed by atoms with Gasteiger partial charge in [-0.1, -0.05) is 86.6 Å². The predicted octanol–water partition coefficient (Wildman–Crippen LogP) is 12.2. The summed E-state index contributed by atoms with van der Waals surface area (Å²) in [6.07, 6.45) is 3.34. The van der Waals surface area contributed by atoms with Gasteiger partial charge in [0, 0.05) is 62.2 Å². The number of amides is 1. The van der Waals surface area contributed by atoms with Gasteiger partial charge in [-0.15, -0.1) is 0 Å². The van der Waals surface area contributed by atoms with Crippen molar-refractivity contribution < 1.29 is 29.2 Å². The number of hydrogen-bond acceptors (Lipinski definition) is 7. The van der Waals surface area contributed by atoms with Crippen LogP contribution in [-0.2, 0) is 9.59 Å². The zero-order chi connectivity index (χ0) is 47.6. The number of halogens is 3. The van der Waals surface area contributed by atoms with Gasteiger partial charge in [-0.05, 0) is 108 Å². The van der Waals surface area contributed by atoms with E-state index in [9.17, 15) is 28.0 Å². The number of aromatic nitrogens is 2. The quantitative estimate of drug-likeness (QED) is 0.109. The molecule has 0 saturated carbocycles. The molecule has 0 saturated heterocycles. The van der Waals surface area contributed by atoms with Crippen LogP contribution in [0.2, 0.25) is 0 Å². The van der Waals surface area contributed by atoms with Gasteiger partial charge in [0.15, 0.2) is 0 Å². The number of pyridine rings is 2. The van der Waals surface area contributed by atoms with Gasteiger partial charge in [0.25, 0.3) is 11.1 Å². The predicted molar refractivity (Wildman–Crippen MR) is 254 cm³/mol. The standard InChI is InChI=1S/C25H19FN2O3.C23H17FN2O2.C2H3ClO.C2H6/c1-17(29)27-20-6-5-7-21(14-20)28-16-23(18-10-12-19(26)13-11-18)24(15-25(28)30)31-22-8-3-2-4-9-22;24-17-11-9-16(10-12-17)21-15-26(19-6-4-5-18(25)13-19)23(27)14-22(21)28-20-7-2-1-3-8-20;1-2(3)4;1-2/h2-16H,1H3,(H,27,29);1-15H,25H2;1H3;1-2H3/i;;;1D. The van der Waals surface area contributed by atoms with Crippen LogP contribution in [0.15, 0.2) is 192 Å². The van der Waals surface area contributed by atoms with Gasteiger partial charge in [-0.25, -0.2) is 8.78 Å². The highest BCUT2D eigenvalue weighted by atomic mass is 35.5. The van der Waals surface area contributed by atoms with E-state index in [1.807, 2.05) is 36.4 Å². The minimum Gasteiger partial charge on any atom is -0.456 e. The molecule has 0 bridgehead atoms. The fourth-order valence-electron chi connectivity index (χ4n) is 6.14. The van der Waals surface area contributed by atoms with Gasteiger partial charge < -0.3 is 20.5 Å². The number of nitrogens with one attached hydrogen (secondary N) is 1. The average Bonchev–Trinajstić information content (AvgIpc) is 3.28. The fourth-order valence-corrected chi connectivity index (χ4v) is 6.14. The first-order valence-electron chi connectivity index (χ1n) is 20.7. The molecule has 0 fully saturated rings. The van der Waals surface area contributed by atoms with E-state index < -0.39 is 0 Å². The maximum absolute atomic E-state index is 13.5. The first-order valence-corrected chi connectivity index (χ1v) is 20.3. The number of rotatable bonds is 9. The molecule has 8 rings (SSSR count). The minimum atomic E-state index is -0.361. The van der Waals surface area contributed by atoms with Crippen LogP contribution in [0.1, 0.15) is 29.0 Å². The molecule has 0 spiro atoms. The first-order chi connectivity index (χ1) is 31.7. The Morgan fingerprint density at radius 2 is 1.00 bits per heavy atom. The van der Waals surface area contributed by atoms with Crippen molar-refractivity contribution in [2.45, 2.75) is 27.7 Å². The lowest BCUT2D eigenvalue weighted by atomic mass is 10.1. The summed E-state index contributed by atoms with van der Waals surface area (Å²) in [7, 11) is 0. The molecule has 6 aromatic carbocycles. The molecular weight excluding hydrogens is 850 g/mol. The number of anilines is 2. The van der Waals surface area contributed by atoms with Crippen LogP contribution < -0.4 is 31.6 Å². The number of para-hydroxylation sites is 2. The highest BCUT2D eigenvalue weighted by Crippen LogP contribution is 2.34. The van der Waals surface area contributed by atoms with E-state index in [-0.39, 0.29) is 33.9 Å². The van der Waals surface area contributed by atoms with Gasteiger partial charge in [0.2, 0.25) is 11.1 Å². The molecule has 65 heavy (non-hydrogen) atoms. The number of nitrogen functional groups attached to an aromatic ring is 1. The summed E-state index contributed by atoms with van der Waals surface area (Å²) in [5.41, 5.74) is 10.3. The Bertz CT molecular complexity index is 2980. The van der Waals surface area contributed by atoms with Crippen LogP contribution in [0.5, 0.6) is 23.0 Å². The van der Waals surface area contributed by atoms with E-state index in [1.165, 1.54) is 59.4 Å². The van der Waals surface area contributed by atoms with Crippen molar-refractivity contribution in [3.63, 3.8) is 0 Å². The van der Waals surface area contributed by atoms with E-state index in [1.54, 1.807) is 116 Å². The number of carbonyl (C=O) groups excluding carboxylic acids is 2. The van der Waals surface area contributed by atoms with Crippen LogP contribution in [0.3, 0.4) is 0 Å². The molecular formula is C52H45ClF2N4O6. The Labute approximate surface area is 381 Å². The molecule has 2 heterocycles. The largest absolute Gasteiger partial charge is 0.456 e. The normalized spacial score (nSPS) is 10.3. The lowest BCUT2D eigenvalue weighted by molar-refractivity contribution is -0.114. The molecule has 1 amide bonds. The third-order valence-electron chi connectivity index (χ3n) is 8.88. The second-order valence-corrected chi connectivity index (χ2v) is 14.2. The summed E-state index contributed by atoms with van der Waals surface area (Å²) in [6.45, 7) is 5.00. The summed E-state index contributed by atoms with van der Waals surface area (Å²) in [5.74, 6) is 1.04. The average molecular weight is 896 g/mol. The van der Waals surface area contributed by atoms with Crippen molar-refractivity contribution in [3.05, 3.63) is 215 Å². The first kappa shape index (κ1) is 46.4. The van der Waals surface area contributed by atoms with Gasteiger partial charge in [-0.2, -0.15) is 0 Å². The smallest absolute Gasteiger partial charge is 0.258 e. The molecule has 13 heteroatoms. The second kappa shape index (κ2) is 23.4. The Morgan fingerprint density at radius 1 is 0.600 bits per heavy atom. The fraction of sp³-hybridized carbons (Fsp3) is 0.0769. The van der Waals surface area contributed by atoms with E-state index in [4.69, 9.17) is 16.6 Å². The molecule has 3 N–H and O–H groups in total. The number of benzene rings is 6. The monoisotopic (exact) mass is 895 g/mol. The lowest BCUT2D eigenvalue weighted by Gasteiger charge is -2.15. The van der Waals surface area contributed by atoms with Crippen LogP contribution in [-0.4, -0.2) is 20.3 Å². The van der Waals surface area contributed by atoms with Crippen molar-refractivity contribution in [1.29, 1.82) is 0 Å². The number of hydrogen-bond donors (Lipinski definition) is 2. The summed E-state index contributed by atoms with van der Waals surface area (Å²) in [5, 5.41) is 2.35. The highest BCUT2D eigenvalue weighted by Gasteiger charge is 2.15. The van der Waals surface area contributed by atoms with E-state index in [2.05, 4.69) is 16.9 Å². The Balaban J connectivity index is 0.000000218. The van der Waals surface area contributed by atoms with Crippen molar-refractivity contribution in [2.24, 2.45) is 0 Å². The van der Waals surface area contributed by atoms with Crippen LogP contribution in [0.25, 0.3) is 33.6 Å². The molecule has 0 radical (unpaired) electrons. The highest BCUT2D eigenvalue weighted by molar-refractivity contribution is 6.62. The maximum atomic E-state index is 13.5. The minimum absolute atomic E-state index is 0.205. The van der Waals surface area contributed by atoms with Crippen LogP contribution in [0.4, 0.5) is 20.2 Å². The molecule has 0 aliphatic rings. The van der Waals surface area contributed by atoms with E-state index in [0.717, 1.165) is 5.56 Å². The summed E-state index contributed by atoms with van der Waals surface area (Å²) >= 11 is 4.64. The maximum Gasteiger partial charge on any atom is 0.258 e. The van der Waals surface area contributed by atoms with Gasteiger partial charge in [0.1, 0.15) is 34.6 Å². The third-order valence-corrected chi connectivity index (χ3v) is 8.88. The summed E-state index contributed by atoms with van der Waals surface area (Å²) in [6, 6.07) is 47.1. The molecule has 10 nitrogen and oxygen atoms in total. The van der Waals surface area contributed by atoms with Gasteiger partial charge >= 0.3 is 0 Å². The molecule has 8 aromatic rings. The van der Waals surface area contributed by atoms with Gasteiger partial charge in [0.05, 0.1) is 11.4 Å². The molecule has 0 atom stereocenters. The van der Waals surface area contributed by atoms with Crippen molar-refractivity contribution >= 4 is 34.1 Å². The summed E-state index contributed by atoms with van der Waals surface area (Å²) in [4.78, 5) is 46.3. The van der Waals surface area contributed by atoms with Crippen LogP contribution >= 0.6 is 11.6 Å². The lowest BCUT2D eigenvalue weighted by Crippen LogP contribution is -2.18. The Morgan fingerprint density at radius 3 is 1.40 bits per heavy atom. The number of ether oxygens (including phenoxy) is 2. The Hall–Kier alpha value is -8.09. The van der Waals surface area contributed by atoms with E-state index >= 15 is 0 Å². The third kappa shape index (κ3) is 14.0.